The third-order valence-electron chi connectivity index (χ3n) is 3.49. The first-order valence-electron chi connectivity index (χ1n) is 6.79. The number of likely N-dealkylation sites (tertiary alicyclic amines) is 1. The number of hydrogen-bond donors (Lipinski definition) is 3. The molecule has 1 aromatic carbocycles. The Hall–Kier alpha value is -1.80. The second-order valence-corrected chi connectivity index (χ2v) is 6.78. The minimum Gasteiger partial charge on any atom is -0.397 e. The molecular formula is C13H20N4O3S. The molecule has 1 amide bonds. The average molecular weight is 312 g/mol. The van der Waals surface area contributed by atoms with Gasteiger partial charge in [-0.2, -0.15) is 0 Å². The molecule has 4 N–H and O–H groups in total. The first-order chi connectivity index (χ1) is 9.94. The van der Waals surface area contributed by atoms with Crippen molar-refractivity contribution in [2.45, 2.75) is 17.7 Å². The minimum atomic E-state index is -3.51. The first kappa shape index (κ1) is 15.6. The lowest BCUT2D eigenvalue weighted by atomic mass is 10.2. The second-order valence-electron chi connectivity index (χ2n) is 4.90. The Morgan fingerprint density at radius 3 is 2.57 bits per heavy atom. The summed E-state index contributed by atoms with van der Waals surface area (Å²) in [7, 11) is -2.18. The molecule has 0 bridgehead atoms. The number of nitrogens with zero attached hydrogens (tertiary/aromatic N) is 1. The zero-order valence-electron chi connectivity index (χ0n) is 11.9. The van der Waals surface area contributed by atoms with Crippen LogP contribution in [0.4, 0.5) is 11.4 Å². The van der Waals surface area contributed by atoms with E-state index < -0.39 is 10.0 Å². The van der Waals surface area contributed by atoms with Crippen LogP contribution < -0.4 is 15.8 Å². The summed E-state index contributed by atoms with van der Waals surface area (Å²) >= 11 is 0. The number of carbonyl (C=O) groups is 1. The Kier molecular flexibility index (Phi) is 4.69. The van der Waals surface area contributed by atoms with Crippen molar-refractivity contribution in [1.29, 1.82) is 0 Å². The lowest BCUT2D eigenvalue weighted by molar-refractivity contribution is -0.128. The summed E-state index contributed by atoms with van der Waals surface area (Å²) in [4.78, 5) is 13.8. The molecule has 1 heterocycles. The number of hydrogen-bond acceptors (Lipinski definition) is 5. The summed E-state index contributed by atoms with van der Waals surface area (Å²) in [5.41, 5.74) is 6.68. The van der Waals surface area contributed by atoms with Crippen molar-refractivity contribution in [1.82, 2.24) is 9.62 Å². The van der Waals surface area contributed by atoms with E-state index in [1.54, 1.807) is 6.07 Å². The number of amides is 1. The van der Waals surface area contributed by atoms with E-state index in [4.69, 9.17) is 5.73 Å². The second kappa shape index (κ2) is 6.31. The van der Waals surface area contributed by atoms with Gasteiger partial charge in [0.25, 0.3) is 0 Å². The van der Waals surface area contributed by atoms with E-state index in [2.05, 4.69) is 10.0 Å². The third-order valence-corrected chi connectivity index (χ3v) is 4.90. The van der Waals surface area contributed by atoms with Crippen LogP contribution in [0.25, 0.3) is 0 Å². The fourth-order valence-corrected chi connectivity index (χ4v) is 3.00. The summed E-state index contributed by atoms with van der Waals surface area (Å²) in [5.74, 6) is 0.0267. The van der Waals surface area contributed by atoms with Gasteiger partial charge in [-0.15, -0.1) is 0 Å². The van der Waals surface area contributed by atoms with Gasteiger partial charge in [0.2, 0.25) is 15.9 Å². The van der Waals surface area contributed by atoms with Gasteiger partial charge >= 0.3 is 0 Å². The molecule has 7 nitrogen and oxygen atoms in total. The van der Waals surface area contributed by atoms with E-state index in [1.807, 2.05) is 4.90 Å². The molecule has 21 heavy (non-hydrogen) atoms. The van der Waals surface area contributed by atoms with Crippen molar-refractivity contribution in [2.24, 2.45) is 0 Å². The zero-order chi connectivity index (χ0) is 15.5. The zero-order valence-corrected chi connectivity index (χ0v) is 12.7. The summed E-state index contributed by atoms with van der Waals surface area (Å²) in [6, 6.07) is 4.39. The maximum atomic E-state index is 11.9. The maximum Gasteiger partial charge on any atom is 0.241 e. The molecule has 0 saturated carbocycles. The van der Waals surface area contributed by atoms with Crippen molar-refractivity contribution in [2.75, 3.05) is 37.7 Å². The van der Waals surface area contributed by atoms with Crippen LogP contribution >= 0.6 is 0 Å². The van der Waals surface area contributed by atoms with Crippen molar-refractivity contribution in [3.63, 3.8) is 0 Å². The largest absolute Gasteiger partial charge is 0.397 e. The van der Waals surface area contributed by atoms with Crippen molar-refractivity contribution in [3.05, 3.63) is 18.2 Å². The molecule has 0 unspecified atom stereocenters. The Bertz CT molecular complexity index is 624. The lowest BCUT2D eigenvalue weighted by Crippen LogP contribution is -2.33. The van der Waals surface area contributed by atoms with Gasteiger partial charge < -0.3 is 16.0 Å². The number of rotatable bonds is 5. The van der Waals surface area contributed by atoms with Crippen molar-refractivity contribution >= 4 is 27.3 Å². The van der Waals surface area contributed by atoms with Crippen LogP contribution in [0.15, 0.2) is 23.1 Å². The van der Waals surface area contributed by atoms with Crippen molar-refractivity contribution < 1.29 is 13.2 Å². The molecule has 1 aliphatic heterocycles. The maximum absolute atomic E-state index is 11.9. The molecule has 2 rings (SSSR count). The monoisotopic (exact) mass is 312 g/mol. The molecule has 1 aliphatic rings. The van der Waals surface area contributed by atoms with Gasteiger partial charge in [0.15, 0.2) is 0 Å². The highest BCUT2D eigenvalue weighted by molar-refractivity contribution is 7.89. The van der Waals surface area contributed by atoms with E-state index in [1.165, 1.54) is 19.2 Å². The summed E-state index contributed by atoms with van der Waals surface area (Å²) < 4.78 is 25.5. The van der Waals surface area contributed by atoms with Crippen LogP contribution in [-0.2, 0) is 14.8 Å². The predicted octanol–water partition coefficient (Wildman–Crippen LogP) is 0.211. The van der Waals surface area contributed by atoms with Gasteiger partial charge in [0, 0.05) is 13.1 Å². The molecule has 8 heteroatoms. The molecule has 0 aromatic heterocycles. The van der Waals surface area contributed by atoms with Gasteiger partial charge in [-0.1, -0.05) is 0 Å². The molecule has 1 saturated heterocycles. The normalized spacial score (nSPS) is 15.2. The Labute approximate surface area is 124 Å². The molecule has 1 fully saturated rings. The SMILES string of the molecule is CNS(=O)(=O)c1ccc(NCC(=O)N2CCCC2)c(N)c1. The fourth-order valence-electron chi connectivity index (χ4n) is 2.24. The Morgan fingerprint density at radius 1 is 1.33 bits per heavy atom. The number of anilines is 2. The van der Waals surface area contributed by atoms with Crippen LogP contribution in [0.1, 0.15) is 12.8 Å². The lowest BCUT2D eigenvalue weighted by Gasteiger charge is -2.17. The van der Waals surface area contributed by atoms with Gasteiger partial charge in [0.1, 0.15) is 0 Å². The van der Waals surface area contributed by atoms with E-state index >= 15 is 0 Å². The van der Waals surface area contributed by atoms with E-state index in [0.717, 1.165) is 25.9 Å². The number of nitrogen functional groups attached to an aromatic ring is 1. The highest BCUT2D eigenvalue weighted by Crippen LogP contribution is 2.22. The van der Waals surface area contributed by atoms with Crippen LogP contribution in [0.5, 0.6) is 0 Å². The molecule has 0 radical (unpaired) electrons. The van der Waals surface area contributed by atoms with Crippen LogP contribution in [-0.4, -0.2) is 45.9 Å². The molecule has 0 atom stereocenters. The van der Waals surface area contributed by atoms with Crippen molar-refractivity contribution in [3.8, 4) is 0 Å². The Morgan fingerprint density at radius 2 is 2.00 bits per heavy atom. The molecular weight excluding hydrogens is 292 g/mol. The molecule has 1 aromatic rings. The van der Waals surface area contributed by atoms with E-state index in [0.29, 0.717) is 11.4 Å². The third kappa shape index (κ3) is 3.64. The quantitative estimate of drug-likeness (QED) is 0.674. The van der Waals surface area contributed by atoms with Gasteiger partial charge in [0.05, 0.1) is 22.8 Å². The summed E-state index contributed by atoms with van der Waals surface area (Å²) in [5, 5.41) is 2.95. The van der Waals surface area contributed by atoms with E-state index in [-0.39, 0.29) is 17.3 Å². The number of nitrogens with two attached hydrogens (primary N) is 1. The van der Waals surface area contributed by atoms with Gasteiger partial charge in [-0.05, 0) is 38.1 Å². The van der Waals surface area contributed by atoms with E-state index in [9.17, 15) is 13.2 Å². The smallest absolute Gasteiger partial charge is 0.241 e. The Balaban J connectivity index is 2.03. The van der Waals surface area contributed by atoms with Crippen LogP contribution in [0.2, 0.25) is 0 Å². The topological polar surface area (TPSA) is 105 Å². The molecule has 0 spiro atoms. The number of sulfonamides is 1. The standard InChI is InChI=1S/C13H20N4O3S/c1-15-21(19,20)10-4-5-12(11(14)8-10)16-9-13(18)17-6-2-3-7-17/h4-5,8,15-16H,2-3,6-7,9,14H2,1H3. The van der Waals surface area contributed by atoms with Gasteiger partial charge in [-0.25, -0.2) is 13.1 Å². The minimum absolute atomic E-state index is 0.0267. The number of benzene rings is 1. The van der Waals surface area contributed by atoms with Crippen LogP contribution in [0.3, 0.4) is 0 Å². The number of carbonyl (C=O) groups excluding carboxylic acids is 1. The number of nitrogens with one attached hydrogen (secondary N) is 2. The summed E-state index contributed by atoms with van der Waals surface area (Å²) in [6.45, 7) is 1.76. The predicted molar refractivity (Wildman–Crippen MR) is 81.4 cm³/mol. The fraction of sp³-hybridized carbons (Fsp3) is 0.462. The summed E-state index contributed by atoms with van der Waals surface area (Å²) in [6.07, 6.45) is 2.09. The van der Waals surface area contributed by atoms with Gasteiger partial charge in [-0.3, -0.25) is 4.79 Å². The average Bonchev–Trinajstić information content (AvgIpc) is 2.99. The van der Waals surface area contributed by atoms with Crippen LogP contribution in [0, 0.1) is 0 Å². The molecule has 0 aliphatic carbocycles. The highest BCUT2D eigenvalue weighted by Gasteiger charge is 2.18. The molecule has 116 valence electrons. The highest BCUT2D eigenvalue weighted by atomic mass is 32.2. The first-order valence-corrected chi connectivity index (χ1v) is 8.27.